The first-order valence-electron chi connectivity index (χ1n) is 11.0. The minimum Gasteiger partial charge on any atom is -0.493 e. The van der Waals surface area contributed by atoms with Crippen LogP contribution in [0.15, 0.2) is 78.9 Å². The summed E-state index contributed by atoms with van der Waals surface area (Å²) >= 11 is 0. The van der Waals surface area contributed by atoms with Crippen molar-refractivity contribution in [2.24, 2.45) is 0 Å². The molecule has 0 fully saturated rings. The second kappa shape index (κ2) is 10.5. The Kier molecular flexibility index (Phi) is 6.65. The Morgan fingerprint density at radius 1 is 0.743 bits per heavy atom. The van der Waals surface area contributed by atoms with E-state index in [0.717, 1.165) is 22.2 Å². The molecule has 2 heterocycles. The number of ether oxygens (including phenoxy) is 4. The van der Waals surface area contributed by atoms with Gasteiger partial charge in [-0.05, 0) is 52.4 Å². The van der Waals surface area contributed by atoms with Crippen molar-refractivity contribution in [1.29, 1.82) is 0 Å². The molecule has 0 aliphatic rings. The van der Waals surface area contributed by atoms with Crippen LogP contribution in [0.5, 0.6) is 23.0 Å². The highest BCUT2D eigenvalue weighted by molar-refractivity contribution is 5.78. The molecule has 0 amide bonds. The zero-order valence-corrected chi connectivity index (χ0v) is 19.0. The fourth-order valence-electron chi connectivity index (χ4n) is 3.47. The van der Waals surface area contributed by atoms with Crippen LogP contribution < -0.4 is 18.9 Å². The molecule has 0 bridgehead atoms. The third-order valence-electron chi connectivity index (χ3n) is 5.24. The lowest BCUT2D eigenvalue weighted by atomic mass is 10.2. The van der Waals surface area contributed by atoms with Crippen LogP contribution in [0.3, 0.4) is 0 Å². The van der Waals surface area contributed by atoms with Crippen LogP contribution in [0.1, 0.15) is 17.1 Å². The van der Waals surface area contributed by atoms with Crippen molar-refractivity contribution < 1.29 is 18.9 Å². The van der Waals surface area contributed by atoms with Gasteiger partial charge < -0.3 is 18.9 Å². The quantitative estimate of drug-likeness (QED) is 0.319. The van der Waals surface area contributed by atoms with Gasteiger partial charge in [0.25, 0.3) is 0 Å². The topological polar surface area (TPSA) is 104 Å². The zero-order valence-electron chi connectivity index (χ0n) is 19.0. The smallest absolute Gasteiger partial charge is 0.186 e. The van der Waals surface area contributed by atoms with Crippen molar-refractivity contribution in [3.05, 3.63) is 95.9 Å². The average Bonchev–Trinajstić information content (AvgIpc) is 3.43. The van der Waals surface area contributed by atoms with E-state index in [1.54, 1.807) is 7.11 Å². The van der Waals surface area contributed by atoms with Gasteiger partial charge in [0, 0.05) is 11.5 Å². The van der Waals surface area contributed by atoms with Crippen molar-refractivity contribution in [3.63, 3.8) is 0 Å². The first-order valence-corrected chi connectivity index (χ1v) is 11.0. The van der Waals surface area contributed by atoms with Crippen LogP contribution in [0, 0.1) is 0 Å². The molecule has 9 heteroatoms. The van der Waals surface area contributed by atoms with E-state index in [1.807, 2.05) is 72.8 Å². The Bertz CT molecular complexity index is 1410. The molecule has 1 N–H and O–H groups in total. The number of methoxy groups -OCH3 is 1. The number of nitrogens with zero attached hydrogens (tertiary/aromatic N) is 4. The standard InChI is InChI=1S/C26H23N5O4/c1-32-25-13-18(9-12-24(25)35-17-26-28-30-31-29-26)15-33-21-6-4-7-22(14-21)34-16-20-11-10-19-5-2-3-8-23(19)27-20/h2-14H,15-17H2,1H3,(H,28,29,30,31). The van der Waals surface area contributed by atoms with Gasteiger partial charge >= 0.3 is 0 Å². The van der Waals surface area contributed by atoms with Crippen molar-refractivity contribution >= 4 is 10.9 Å². The molecule has 0 unspecified atom stereocenters. The lowest BCUT2D eigenvalue weighted by Crippen LogP contribution is -2.02. The van der Waals surface area contributed by atoms with Crippen LogP contribution in [0.4, 0.5) is 0 Å². The summed E-state index contributed by atoms with van der Waals surface area (Å²) in [4.78, 5) is 4.65. The molecular formula is C26H23N5O4. The number of benzene rings is 3. The fourth-order valence-corrected chi connectivity index (χ4v) is 3.47. The number of pyridine rings is 1. The minimum atomic E-state index is 0.209. The molecule has 2 aromatic heterocycles. The van der Waals surface area contributed by atoms with E-state index in [9.17, 15) is 0 Å². The van der Waals surface area contributed by atoms with Crippen LogP contribution >= 0.6 is 0 Å². The highest BCUT2D eigenvalue weighted by Gasteiger charge is 2.09. The summed E-state index contributed by atoms with van der Waals surface area (Å²) in [5, 5.41) is 14.6. The van der Waals surface area contributed by atoms with Gasteiger partial charge in [-0.15, -0.1) is 5.10 Å². The van der Waals surface area contributed by atoms with Crippen molar-refractivity contribution in [1.82, 2.24) is 25.6 Å². The number of H-pyrrole nitrogens is 1. The second-order valence-corrected chi connectivity index (χ2v) is 7.67. The number of aromatic nitrogens is 5. The molecule has 0 saturated carbocycles. The molecule has 35 heavy (non-hydrogen) atoms. The number of aromatic amines is 1. The van der Waals surface area contributed by atoms with E-state index in [1.165, 1.54) is 0 Å². The number of nitrogens with one attached hydrogen (secondary N) is 1. The third-order valence-corrected chi connectivity index (χ3v) is 5.24. The highest BCUT2D eigenvalue weighted by Crippen LogP contribution is 2.29. The summed E-state index contributed by atoms with van der Waals surface area (Å²) < 4.78 is 23.1. The Labute approximate surface area is 201 Å². The van der Waals surface area contributed by atoms with E-state index in [4.69, 9.17) is 18.9 Å². The lowest BCUT2D eigenvalue weighted by Gasteiger charge is -2.13. The number of fused-ring (bicyclic) bond motifs is 1. The predicted octanol–water partition coefficient (Wildman–Crippen LogP) is 4.49. The molecule has 5 rings (SSSR count). The predicted molar refractivity (Wildman–Crippen MR) is 128 cm³/mol. The molecule has 3 aromatic carbocycles. The minimum absolute atomic E-state index is 0.209. The highest BCUT2D eigenvalue weighted by atomic mass is 16.5. The molecule has 0 aliphatic carbocycles. The van der Waals surface area contributed by atoms with E-state index in [-0.39, 0.29) is 6.61 Å². The summed E-state index contributed by atoms with van der Waals surface area (Å²) in [6.45, 7) is 0.941. The monoisotopic (exact) mass is 469 g/mol. The van der Waals surface area contributed by atoms with Gasteiger partial charge in [0.05, 0.1) is 18.3 Å². The maximum absolute atomic E-state index is 5.98. The summed E-state index contributed by atoms with van der Waals surface area (Å²) in [5.41, 5.74) is 2.75. The summed E-state index contributed by atoms with van der Waals surface area (Å²) in [6, 6.07) is 25.2. The average molecular weight is 470 g/mol. The summed E-state index contributed by atoms with van der Waals surface area (Å²) in [7, 11) is 1.59. The number of rotatable bonds is 10. The zero-order chi connectivity index (χ0) is 23.9. The maximum atomic E-state index is 5.98. The van der Waals surface area contributed by atoms with Gasteiger partial charge in [0.15, 0.2) is 17.3 Å². The molecule has 176 valence electrons. The SMILES string of the molecule is COc1cc(COc2cccc(OCc3ccc4ccccc4n3)c2)ccc1OCc1nnn[nH]1. The van der Waals surface area contributed by atoms with Gasteiger partial charge in [-0.25, -0.2) is 10.1 Å². The Hall–Kier alpha value is -4.66. The van der Waals surface area contributed by atoms with Gasteiger partial charge in [-0.3, -0.25) is 0 Å². The van der Waals surface area contributed by atoms with Gasteiger partial charge in [0.2, 0.25) is 0 Å². The van der Waals surface area contributed by atoms with Crippen molar-refractivity contribution in [2.45, 2.75) is 19.8 Å². The molecule has 0 spiro atoms. The van der Waals surface area contributed by atoms with E-state index >= 15 is 0 Å². The molecule has 0 aliphatic heterocycles. The molecule has 9 nitrogen and oxygen atoms in total. The number of hydrogen-bond donors (Lipinski definition) is 1. The van der Waals surface area contributed by atoms with Gasteiger partial charge in [-0.1, -0.05) is 36.4 Å². The maximum Gasteiger partial charge on any atom is 0.186 e. The molecular weight excluding hydrogens is 446 g/mol. The van der Waals surface area contributed by atoms with Crippen LogP contribution in [0.25, 0.3) is 10.9 Å². The first-order chi connectivity index (χ1) is 17.3. The Balaban J connectivity index is 1.18. The molecule has 0 radical (unpaired) electrons. The fraction of sp³-hybridized carbons (Fsp3) is 0.154. The van der Waals surface area contributed by atoms with Crippen LogP contribution in [-0.2, 0) is 19.8 Å². The Morgan fingerprint density at radius 2 is 1.60 bits per heavy atom. The van der Waals surface area contributed by atoms with Gasteiger partial charge in [-0.2, -0.15) is 0 Å². The van der Waals surface area contributed by atoms with E-state index in [0.29, 0.717) is 42.0 Å². The van der Waals surface area contributed by atoms with E-state index < -0.39 is 0 Å². The number of para-hydroxylation sites is 1. The summed E-state index contributed by atoms with van der Waals surface area (Å²) in [5.74, 6) is 3.12. The number of hydrogen-bond acceptors (Lipinski definition) is 8. The normalized spacial score (nSPS) is 10.8. The summed E-state index contributed by atoms with van der Waals surface area (Å²) in [6.07, 6.45) is 0. The second-order valence-electron chi connectivity index (χ2n) is 7.67. The Morgan fingerprint density at radius 3 is 2.43 bits per heavy atom. The number of tetrazole rings is 1. The van der Waals surface area contributed by atoms with Crippen LogP contribution in [0.2, 0.25) is 0 Å². The first kappa shape index (κ1) is 22.1. The molecule has 5 aromatic rings. The lowest BCUT2D eigenvalue weighted by molar-refractivity contribution is 0.273. The largest absolute Gasteiger partial charge is 0.493 e. The van der Waals surface area contributed by atoms with Gasteiger partial charge in [0.1, 0.15) is 31.3 Å². The molecule has 0 atom stereocenters. The third kappa shape index (κ3) is 5.64. The van der Waals surface area contributed by atoms with Crippen molar-refractivity contribution in [2.75, 3.05) is 7.11 Å². The van der Waals surface area contributed by atoms with E-state index in [2.05, 4.69) is 31.7 Å². The molecule has 0 saturated heterocycles. The van der Waals surface area contributed by atoms with Crippen molar-refractivity contribution in [3.8, 4) is 23.0 Å². The van der Waals surface area contributed by atoms with Crippen LogP contribution in [-0.4, -0.2) is 32.7 Å².